The van der Waals surface area contributed by atoms with Gasteiger partial charge < -0.3 is 31.5 Å². The van der Waals surface area contributed by atoms with Crippen molar-refractivity contribution in [1.82, 2.24) is 9.80 Å². The quantitative estimate of drug-likeness (QED) is 0.353. The molecular weight excluding hydrogens is 220 g/mol. The van der Waals surface area contributed by atoms with E-state index in [0.29, 0.717) is 26.2 Å². The first-order chi connectivity index (χ1) is 7.99. The third kappa shape index (κ3) is 9.46. The van der Waals surface area contributed by atoms with E-state index >= 15 is 0 Å². The minimum atomic E-state index is -0.447. The predicted octanol–water partition coefficient (Wildman–Crippen LogP) is -2.12. The molecule has 0 heterocycles. The summed E-state index contributed by atoms with van der Waals surface area (Å²) in [6.07, 6.45) is 0.0929. The van der Waals surface area contributed by atoms with Crippen LogP contribution < -0.4 is 11.5 Å². The van der Waals surface area contributed by atoms with Gasteiger partial charge in [-0.2, -0.15) is 0 Å². The van der Waals surface area contributed by atoms with Crippen molar-refractivity contribution in [2.75, 3.05) is 53.4 Å². The Hall–Kier alpha value is -0.240. The average molecular weight is 248 g/mol. The highest BCUT2D eigenvalue weighted by Gasteiger charge is 2.08. The maximum absolute atomic E-state index is 9.36. The van der Waals surface area contributed by atoms with Gasteiger partial charge in [-0.15, -0.1) is 0 Å². The topological polar surface area (TPSA) is 99.0 Å². The van der Waals surface area contributed by atoms with Gasteiger partial charge in [-0.25, -0.2) is 0 Å². The van der Waals surface area contributed by atoms with Crippen LogP contribution in [0.2, 0.25) is 0 Å². The zero-order valence-electron chi connectivity index (χ0n) is 11.0. The first-order valence-electron chi connectivity index (χ1n) is 6.13. The van der Waals surface area contributed by atoms with Crippen LogP contribution in [0.3, 0.4) is 0 Å². The first-order valence-corrected chi connectivity index (χ1v) is 6.13. The fourth-order valence-corrected chi connectivity index (χ4v) is 1.66. The SMILES string of the molecule is CN(CCCN(C)CC(O)CN)CC(O)CN. The molecule has 6 nitrogen and oxygen atoms in total. The van der Waals surface area contributed by atoms with E-state index in [9.17, 15) is 10.2 Å². The molecule has 2 unspecified atom stereocenters. The highest BCUT2D eigenvalue weighted by Crippen LogP contribution is 1.94. The van der Waals surface area contributed by atoms with E-state index in [1.165, 1.54) is 0 Å². The van der Waals surface area contributed by atoms with Gasteiger partial charge in [0.1, 0.15) is 0 Å². The van der Waals surface area contributed by atoms with Crippen LogP contribution in [0, 0.1) is 0 Å². The fourth-order valence-electron chi connectivity index (χ4n) is 1.66. The summed E-state index contributed by atoms with van der Waals surface area (Å²) in [6.45, 7) is 3.61. The zero-order valence-corrected chi connectivity index (χ0v) is 11.0. The molecule has 6 N–H and O–H groups in total. The van der Waals surface area contributed by atoms with Gasteiger partial charge in [-0.3, -0.25) is 0 Å². The van der Waals surface area contributed by atoms with Crippen molar-refractivity contribution in [3.8, 4) is 0 Å². The molecule has 0 aliphatic carbocycles. The van der Waals surface area contributed by atoms with Crippen molar-refractivity contribution in [3.05, 3.63) is 0 Å². The van der Waals surface area contributed by atoms with Gasteiger partial charge in [0.15, 0.2) is 0 Å². The number of aliphatic hydroxyl groups excluding tert-OH is 2. The van der Waals surface area contributed by atoms with E-state index in [1.807, 2.05) is 14.1 Å². The Balaban J connectivity index is 3.55. The molecule has 0 aromatic carbocycles. The maximum atomic E-state index is 9.36. The van der Waals surface area contributed by atoms with Crippen molar-refractivity contribution in [2.24, 2.45) is 11.5 Å². The zero-order chi connectivity index (χ0) is 13.3. The van der Waals surface area contributed by atoms with Gasteiger partial charge in [-0.1, -0.05) is 0 Å². The second kappa shape index (κ2) is 9.76. The molecule has 0 aliphatic rings. The number of rotatable bonds is 10. The number of hydrogen-bond acceptors (Lipinski definition) is 6. The van der Waals surface area contributed by atoms with Crippen molar-refractivity contribution in [1.29, 1.82) is 0 Å². The number of aliphatic hydroxyl groups is 2. The van der Waals surface area contributed by atoms with Crippen LogP contribution in [0.5, 0.6) is 0 Å². The number of nitrogens with zero attached hydrogens (tertiary/aromatic N) is 2. The number of nitrogens with two attached hydrogens (primary N) is 2. The van der Waals surface area contributed by atoms with Crippen LogP contribution in [0.15, 0.2) is 0 Å². The summed E-state index contributed by atoms with van der Waals surface area (Å²) in [5, 5.41) is 18.7. The molecule has 0 aromatic heterocycles. The van der Waals surface area contributed by atoms with Gasteiger partial charge in [0.2, 0.25) is 0 Å². The monoisotopic (exact) mass is 248 g/mol. The molecule has 0 aliphatic heterocycles. The molecule has 0 spiro atoms. The normalized spacial score (nSPS) is 15.5. The Morgan fingerprint density at radius 3 is 1.53 bits per heavy atom. The lowest BCUT2D eigenvalue weighted by Crippen LogP contribution is -2.37. The lowest BCUT2D eigenvalue weighted by Gasteiger charge is -2.23. The average Bonchev–Trinajstić information content (AvgIpc) is 2.28. The van der Waals surface area contributed by atoms with E-state index in [4.69, 9.17) is 11.5 Å². The van der Waals surface area contributed by atoms with Crippen LogP contribution >= 0.6 is 0 Å². The summed E-state index contributed by atoms with van der Waals surface area (Å²) in [5.41, 5.74) is 10.7. The Morgan fingerprint density at radius 1 is 0.882 bits per heavy atom. The van der Waals surface area contributed by atoms with Gasteiger partial charge in [0.25, 0.3) is 0 Å². The third-order valence-corrected chi connectivity index (χ3v) is 2.67. The van der Waals surface area contributed by atoms with Crippen LogP contribution in [-0.4, -0.2) is 85.6 Å². The Kier molecular flexibility index (Phi) is 9.62. The summed E-state index contributed by atoms with van der Waals surface area (Å²) in [6, 6.07) is 0. The van der Waals surface area contributed by atoms with E-state index in [2.05, 4.69) is 9.80 Å². The second-order valence-electron chi connectivity index (χ2n) is 4.66. The molecule has 0 radical (unpaired) electrons. The third-order valence-electron chi connectivity index (χ3n) is 2.67. The van der Waals surface area contributed by atoms with Crippen LogP contribution in [0.1, 0.15) is 6.42 Å². The smallest absolute Gasteiger partial charge is 0.0788 e. The Labute approximate surface area is 104 Å². The predicted molar refractivity (Wildman–Crippen MR) is 69.7 cm³/mol. The van der Waals surface area contributed by atoms with Crippen molar-refractivity contribution >= 4 is 0 Å². The summed E-state index contributed by atoms with van der Waals surface area (Å²) >= 11 is 0. The summed E-state index contributed by atoms with van der Waals surface area (Å²) < 4.78 is 0. The Morgan fingerprint density at radius 2 is 1.24 bits per heavy atom. The van der Waals surface area contributed by atoms with E-state index in [-0.39, 0.29) is 0 Å². The van der Waals surface area contributed by atoms with E-state index in [0.717, 1.165) is 19.5 Å². The highest BCUT2D eigenvalue weighted by molar-refractivity contribution is 4.65. The highest BCUT2D eigenvalue weighted by atomic mass is 16.3. The molecular formula is C11H28N4O2. The molecule has 0 rings (SSSR count). The van der Waals surface area contributed by atoms with Crippen molar-refractivity contribution < 1.29 is 10.2 Å². The standard InChI is InChI=1S/C11H28N4O2/c1-14(8-10(16)6-12)4-3-5-15(2)9-11(17)7-13/h10-11,16-17H,3-9,12-13H2,1-2H3. The summed E-state index contributed by atoms with van der Waals surface area (Å²) in [4.78, 5) is 4.12. The molecule has 0 fully saturated rings. The molecule has 0 aromatic rings. The lowest BCUT2D eigenvalue weighted by atomic mass is 10.3. The number of hydrogen-bond donors (Lipinski definition) is 4. The summed E-state index contributed by atoms with van der Waals surface area (Å²) in [5.74, 6) is 0. The minimum absolute atomic E-state index is 0.299. The van der Waals surface area contributed by atoms with Gasteiger partial charge in [0.05, 0.1) is 12.2 Å². The second-order valence-corrected chi connectivity index (χ2v) is 4.66. The van der Waals surface area contributed by atoms with E-state index in [1.54, 1.807) is 0 Å². The number of likely N-dealkylation sites (N-methyl/N-ethyl adjacent to an activating group) is 2. The first kappa shape index (κ1) is 16.8. The molecule has 104 valence electrons. The van der Waals surface area contributed by atoms with Gasteiger partial charge >= 0.3 is 0 Å². The Bertz CT molecular complexity index is 165. The molecule has 0 bridgehead atoms. The van der Waals surface area contributed by atoms with Gasteiger partial charge in [-0.05, 0) is 33.6 Å². The molecule has 0 saturated carbocycles. The van der Waals surface area contributed by atoms with Crippen molar-refractivity contribution in [2.45, 2.75) is 18.6 Å². The lowest BCUT2D eigenvalue weighted by molar-refractivity contribution is 0.119. The van der Waals surface area contributed by atoms with Crippen molar-refractivity contribution in [3.63, 3.8) is 0 Å². The molecule has 17 heavy (non-hydrogen) atoms. The molecule has 2 atom stereocenters. The van der Waals surface area contributed by atoms with Crippen LogP contribution in [-0.2, 0) is 0 Å². The van der Waals surface area contributed by atoms with Crippen LogP contribution in [0.4, 0.5) is 0 Å². The largest absolute Gasteiger partial charge is 0.390 e. The van der Waals surface area contributed by atoms with Gasteiger partial charge in [0, 0.05) is 26.2 Å². The summed E-state index contributed by atoms with van der Waals surface area (Å²) in [7, 11) is 3.93. The molecule has 0 saturated heterocycles. The maximum Gasteiger partial charge on any atom is 0.0788 e. The molecule has 6 heteroatoms. The van der Waals surface area contributed by atoms with Crippen LogP contribution in [0.25, 0.3) is 0 Å². The fraction of sp³-hybridized carbons (Fsp3) is 1.00. The molecule has 0 amide bonds. The van der Waals surface area contributed by atoms with E-state index < -0.39 is 12.2 Å². The minimum Gasteiger partial charge on any atom is -0.390 e.